The standard InChI is InChI=1S/C31H26Cl2N4O/c1-31(2)14-26-29(27(38)15-31)28(23(16-34)30(35)37(26)20-12-18(32)11-19(33)13-20)17-8-9-25-22(10-17)21-6-4-5-7-24(21)36(25)3/h4-13,28H,14-15,35H2,1-3H3/t28-/m0/s1. The van der Waals surface area contributed by atoms with Gasteiger partial charge in [-0.3, -0.25) is 9.69 Å². The van der Waals surface area contributed by atoms with Crippen LogP contribution in [0.25, 0.3) is 21.8 Å². The zero-order chi connectivity index (χ0) is 26.9. The molecule has 0 unspecified atom stereocenters. The van der Waals surface area contributed by atoms with Gasteiger partial charge in [0.15, 0.2) is 5.78 Å². The summed E-state index contributed by atoms with van der Waals surface area (Å²) in [6, 6.07) is 21.9. The number of hydrogen-bond donors (Lipinski definition) is 1. The molecule has 6 rings (SSSR count). The molecule has 2 N–H and O–H groups in total. The Labute approximate surface area is 231 Å². The van der Waals surface area contributed by atoms with E-state index in [1.165, 1.54) is 0 Å². The minimum absolute atomic E-state index is 0.0256. The minimum atomic E-state index is -0.562. The summed E-state index contributed by atoms with van der Waals surface area (Å²) >= 11 is 12.7. The molecule has 38 heavy (non-hydrogen) atoms. The lowest BCUT2D eigenvalue weighted by Crippen LogP contribution is -2.42. The number of aryl methyl sites for hydroxylation is 1. The molecule has 1 aliphatic carbocycles. The predicted molar refractivity (Wildman–Crippen MR) is 154 cm³/mol. The van der Waals surface area contributed by atoms with Crippen LogP contribution in [-0.2, 0) is 11.8 Å². The molecule has 0 bridgehead atoms. The van der Waals surface area contributed by atoms with Crippen LogP contribution in [0.3, 0.4) is 0 Å². The summed E-state index contributed by atoms with van der Waals surface area (Å²) in [5.74, 6) is -0.247. The predicted octanol–water partition coefficient (Wildman–Crippen LogP) is 7.58. The number of nitrogens with zero attached hydrogens (tertiary/aromatic N) is 3. The van der Waals surface area contributed by atoms with Crippen molar-refractivity contribution in [3.63, 3.8) is 0 Å². The molecule has 7 heteroatoms. The fourth-order valence-corrected chi connectivity index (χ4v) is 6.69. The molecule has 1 aliphatic heterocycles. The molecule has 190 valence electrons. The molecule has 0 radical (unpaired) electrons. The first-order valence-corrected chi connectivity index (χ1v) is 13.2. The Morgan fingerprint density at radius 2 is 1.66 bits per heavy atom. The monoisotopic (exact) mass is 540 g/mol. The van der Waals surface area contributed by atoms with E-state index in [0.717, 1.165) is 33.1 Å². The second kappa shape index (κ2) is 8.66. The highest BCUT2D eigenvalue weighted by Crippen LogP contribution is 2.51. The van der Waals surface area contributed by atoms with Crippen LogP contribution in [0, 0.1) is 16.7 Å². The molecular weight excluding hydrogens is 515 g/mol. The second-order valence-corrected chi connectivity index (χ2v) is 11.8. The molecule has 0 saturated heterocycles. The number of Topliss-reactive ketones (excluding diaryl/α,β-unsaturated/α-hetero) is 1. The number of allylic oxidation sites excluding steroid dienone is 3. The largest absolute Gasteiger partial charge is 0.384 e. The Balaban J connectivity index is 1.63. The molecule has 1 aromatic heterocycles. The summed E-state index contributed by atoms with van der Waals surface area (Å²) in [4.78, 5) is 15.7. The van der Waals surface area contributed by atoms with E-state index in [9.17, 15) is 10.1 Å². The van der Waals surface area contributed by atoms with Gasteiger partial charge in [0, 0.05) is 56.6 Å². The Bertz CT molecular complexity index is 1770. The van der Waals surface area contributed by atoms with Crippen LogP contribution in [0.1, 0.15) is 38.2 Å². The fourth-order valence-electron chi connectivity index (χ4n) is 6.17. The Morgan fingerprint density at radius 1 is 0.974 bits per heavy atom. The molecule has 2 aliphatic rings. The summed E-state index contributed by atoms with van der Waals surface area (Å²) < 4.78 is 2.16. The highest BCUT2D eigenvalue weighted by molar-refractivity contribution is 6.35. The summed E-state index contributed by atoms with van der Waals surface area (Å²) in [6.45, 7) is 4.16. The lowest BCUT2D eigenvalue weighted by atomic mass is 9.68. The van der Waals surface area contributed by atoms with Crippen LogP contribution in [0.15, 0.2) is 83.3 Å². The van der Waals surface area contributed by atoms with Crippen LogP contribution < -0.4 is 10.6 Å². The van der Waals surface area contributed by atoms with Crippen molar-refractivity contribution >= 4 is 56.5 Å². The minimum Gasteiger partial charge on any atom is -0.384 e. The average Bonchev–Trinajstić information content (AvgIpc) is 3.13. The van der Waals surface area contributed by atoms with Crippen molar-refractivity contribution in [3.05, 3.63) is 98.9 Å². The van der Waals surface area contributed by atoms with Crippen LogP contribution >= 0.6 is 23.2 Å². The molecular formula is C31H26Cl2N4O. The van der Waals surface area contributed by atoms with Gasteiger partial charge < -0.3 is 10.3 Å². The number of hydrogen-bond acceptors (Lipinski definition) is 4. The zero-order valence-corrected chi connectivity index (χ0v) is 22.9. The first kappa shape index (κ1) is 24.6. The van der Waals surface area contributed by atoms with E-state index < -0.39 is 5.92 Å². The Morgan fingerprint density at radius 3 is 2.37 bits per heavy atom. The number of carbonyl (C=O) groups excluding carboxylic acids is 1. The number of ketones is 1. The van der Waals surface area contributed by atoms with Gasteiger partial charge in [0.2, 0.25) is 0 Å². The second-order valence-electron chi connectivity index (χ2n) is 11.0. The number of rotatable bonds is 2. The Kier molecular flexibility index (Phi) is 5.61. The van der Waals surface area contributed by atoms with Gasteiger partial charge in [0.05, 0.1) is 23.2 Å². The number of benzene rings is 3. The van der Waals surface area contributed by atoms with Gasteiger partial charge in [-0.15, -0.1) is 0 Å². The zero-order valence-electron chi connectivity index (χ0n) is 21.3. The molecule has 5 nitrogen and oxygen atoms in total. The van der Waals surface area contributed by atoms with Crippen molar-refractivity contribution < 1.29 is 4.79 Å². The maximum atomic E-state index is 13.9. The van der Waals surface area contributed by atoms with Gasteiger partial charge in [-0.25, -0.2) is 0 Å². The van der Waals surface area contributed by atoms with Gasteiger partial charge in [0.1, 0.15) is 5.82 Å². The lowest BCUT2D eigenvalue weighted by Gasteiger charge is -2.43. The number of nitriles is 1. The Hall–Kier alpha value is -3.72. The van der Waals surface area contributed by atoms with E-state index in [4.69, 9.17) is 28.9 Å². The normalized spacial score (nSPS) is 19.3. The third-order valence-corrected chi connectivity index (χ3v) is 8.19. The van der Waals surface area contributed by atoms with Crippen LogP contribution in [-0.4, -0.2) is 10.4 Å². The molecule has 0 spiro atoms. The highest BCUT2D eigenvalue weighted by Gasteiger charge is 2.44. The molecule has 0 saturated carbocycles. The first-order valence-electron chi connectivity index (χ1n) is 12.5. The quantitative estimate of drug-likeness (QED) is 0.284. The smallest absolute Gasteiger partial charge is 0.162 e. The third kappa shape index (κ3) is 3.71. The number of nitrogens with two attached hydrogens (primary N) is 1. The van der Waals surface area contributed by atoms with E-state index in [1.807, 2.05) is 25.2 Å². The van der Waals surface area contributed by atoms with Crippen molar-refractivity contribution in [2.24, 2.45) is 18.2 Å². The van der Waals surface area contributed by atoms with E-state index >= 15 is 0 Å². The topological polar surface area (TPSA) is 75.0 Å². The summed E-state index contributed by atoms with van der Waals surface area (Å²) in [5.41, 5.74) is 12.0. The van der Waals surface area contributed by atoms with E-state index in [2.05, 4.69) is 48.7 Å². The van der Waals surface area contributed by atoms with Crippen LogP contribution in [0.4, 0.5) is 5.69 Å². The van der Waals surface area contributed by atoms with E-state index in [1.54, 1.807) is 23.1 Å². The SMILES string of the molecule is Cn1c2ccccc2c2cc([C@H]3C(C#N)=C(N)N(c4cc(Cl)cc(Cl)c4)C4=C3C(=O)CC(C)(C)C4)ccc21. The summed E-state index contributed by atoms with van der Waals surface area (Å²) in [5, 5.41) is 13.5. The number of halogens is 2. The van der Waals surface area contributed by atoms with Gasteiger partial charge in [-0.2, -0.15) is 5.26 Å². The fraction of sp³-hybridized carbons (Fsp3) is 0.226. The van der Waals surface area contributed by atoms with Gasteiger partial charge in [0.25, 0.3) is 0 Å². The lowest BCUT2D eigenvalue weighted by molar-refractivity contribution is -0.118. The average molecular weight is 541 g/mol. The number of anilines is 1. The van der Waals surface area contributed by atoms with Crippen LogP contribution in [0.5, 0.6) is 0 Å². The van der Waals surface area contributed by atoms with Crippen LogP contribution in [0.2, 0.25) is 10.0 Å². The highest BCUT2D eigenvalue weighted by atomic mass is 35.5. The number of carbonyl (C=O) groups is 1. The first-order chi connectivity index (χ1) is 18.1. The van der Waals surface area contributed by atoms with Crippen molar-refractivity contribution in [1.29, 1.82) is 5.26 Å². The molecule has 3 aromatic carbocycles. The van der Waals surface area contributed by atoms with Crippen molar-refractivity contribution in [2.75, 3.05) is 4.90 Å². The molecule has 2 heterocycles. The maximum Gasteiger partial charge on any atom is 0.162 e. The van der Waals surface area contributed by atoms with Gasteiger partial charge >= 0.3 is 0 Å². The maximum absolute atomic E-state index is 13.9. The third-order valence-electron chi connectivity index (χ3n) is 7.76. The van der Waals surface area contributed by atoms with E-state index in [0.29, 0.717) is 39.7 Å². The van der Waals surface area contributed by atoms with Crippen molar-refractivity contribution in [2.45, 2.75) is 32.6 Å². The summed E-state index contributed by atoms with van der Waals surface area (Å²) in [7, 11) is 2.05. The molecule has 4 aromatic rings. The number of para-hydroxylation sites is 1. The number of aromatic nitrogens is 1. The van der Waals surface area contributed by atoms with Gasteiger partial charge in [-0.05, 0) is 53.8 Å². The number of fused-ring (bicyclic) bond motifs is 3. The molecule has 1 atom stereocenters. The molecule has 0 fully saturated rings. The van der Waals surface area contributed by atoms with E-state index in [-0.39, 0.29) is 17.0 Å². The molecule has 0 amide bonds. The van der Waals surface area contributed by atoms with Crippen molar-refractivity contribution in [3.8, 4) is 6.07 Å². The van der Waals surface area contributed by atoms with Gasteiger partial charge in [-0.1, -0.05) is 61.3 Å². The van der Waals surface area contributed by atoms with Crippen molar-refractivity contribution in [1.82, 2.24) is 4.57 Å². The summed E-state index contributed by atoms with van der Waals surface area (Å²) in [6.07, 6.45) is 1.01.